The summed E-state index contributed by atoms with van der Waals surface area (Å²) in [6, 6.07) is 18.3. The van der Waals surface area contributed by atoms with Gasteiger partial charge in [0.1, 0.15) is 0 Å². The predicted octanol–water partition coefficient (Wildman–Crippen LogP) is 6.16. The van der Waals surface area contributed by atoms with E-state index in [4.69, 9.17) is 11.6 Å². The van der Waals surface area contributed by atoms with Gasteiger partial charge in [0.05, 0.1) is 11.4 Å². The van der Waals surface area contributed by atoms with E-state index in [1.54, 1.807) is 0 Å². The second-order valence-electron chi connectivity index (χ2n) is 6.69. The van der Waals surface area contributed by atoms with Crippen LogP contribution in [0.15, 0.2) is 59.6 Å². The Labute approximate surface area is 168 Å². The molecule has 0 saturated carbocycles. The monoisotopic (exact) mass is 397 g/mol. The molecule has 0 unspecified atom stereocenters. The van der Waals surface area contributed by atoms with Crippen molar-refractivity contribution >= 4 is 29.3 Å². The molecule has 0 amide bonds. The van der Waals surface area contributed by atoms with Crippen molar-refractivity contribution in [2.45, 2.75) is 30.8 Å². The third kappa shape index (κ3) is 3.28. The molecule has 0 radical (unpaired) electrons. The van der Waals surface area contributed by atoms with Gasteiger partial charge in [0.25, 0.3) is 0 Å². The smallest absolute Gasteiger partial charge is 0.309 e. The van der Waals surface area contributed by atoms with Crippen LogP contribution in [0, 0.1) is 0 Å². The summed E-state index contributed by atoms with van der Waals surface area (Å²) < 4.78 is 2.27. The molecule has 0 spiro atoms. The molecule has 1 N–H and O–H groups in total. The maximum atomic E-state index is 11.7. The first kappa shape index (κ1) is 18.2. The third-order valence-electron chi connectivity index (χ3n) is 5.02. The molecule has 1 aliphatic rings. The van der Waals surface area contributed by atoms with Gasteiger partial charge in [-0.05, 0) is 29.7 Å². The lowest BCUT2D eigenvalue weighted by Crippen LogP contribution is -2.13. The highest BCUT2D eigenvalue weighted by atomic mass is 35.5. The molecule has 1 aliphatic heterocycles. The van der Waals surface area contributed by atoms with E-state index < -0.39 is 5.97 Å². The van der Waals surface area contributed by atoms with Crippen molar-refractivity contribution in [2.75, 3.05) is 5.75 Å². The van der Waals surface area contributed by atoms with Crippen molar-refractivity contribution in [3.63, 3.8) is 0 Å². The fraction of sp³-hybridized carbons (Fsp3) is 0.227. The van der Waals surface area contributed by atoms with E-state index in [9.17, 15) is 9.90 Å². The molecule has 1 atom stereocenters. The first-order chi connectivity index (χ1) is 13.1. The summed E-state index contributed by atoms with van der Waals surface area (Å²) in [5, 5.41) is 11.5. The molecule has 5 heteroatoms. The summed E-state index contributed by atoms with van der Waals surface area (Å²) in [5.41, 5.74) is 5.16. The quantitative estimate of drug-likeness (QED) is 0.560. The fourth-order valence-electron chi connectivity index (χ4n) is 3.81. The average molecular weight is 398 g/mol. The number of nitrogens with zero attached hydrogens (tertiary/aromatic N) is 1. The number of carbonyl (C=O) groups is 1. The van der Waals surface area contributed by atoms with Crippen molar-refractivity contribution in [3.05, 3.63) is 65.3 Å². The predicted molar refractivity (Wildman–Crippen MR) is 112 cm³/mol. The van der Waals surface area contributed by atoms with Crippen LogP contribution in [0.4, 0.5) is 0 Å². The maximum absolute atomic E-state index is 11.7. The maximum Gasteiger partial charge on any atom is 0.309 e. The number of carboxylic acid groups (broad SMARTS) is 1. The Hall–Kier alpha value is -2.17. The Balaban J connectivity index is 2.05. The van der Waals surface area contributed by atoms with Crippen molar-refractivity contribution in [1.29, 1.82) is 0 Å². The van der Waals surface area contributed by atoms with Gasteiger partial charge < -0.3 is 9.67 Å². The lowest BCUT2D eigenvalue weighted by atomic mass is 9.95. The zero-order chi connectivity index (χ0) is 19.0. The lowest BCUT2D eigenvalue weighted by Gasteiger charge is -2.15. The number of aromatic nitrogens is 1. The molecule has 0 bridgehead atoms. The largest absolute Gasteiger partial charge is 0.481 e. The van der Waals surface area contributed by atoms with Crippen LogP contribution >= 0.6 is 23.4 Å². The van der Waals surface area contributed by atoms with Gasteiger partial charge in [0.15, 0.2) is 0 Å². The molecule has 3 aromatic rings. The van der Waals surface area contributed by atoms with Gasteiger partial charge in [0.2, 0.25) is 0 Å². The van der Waals surface area contributed by atoms with Gasteiger partial charge in [0, 0.05) is 33.6 Å². The van der Waals surface area contributed by atoms with Gasteiger partial charge >= 0.3 is 5.97 Å². The number of halogens is 1. The van der Waals surface area contributed by atoms with Crippen LogP contribution in [-0.4, -0.2) is 21.4 Å². The van der Waals surface area contributed by atoms with Gasteiger partial charge in [-0.15, -0.1) is 11.8 Å². The summed E-state index contributed by atoms with van der Waals surface area (Å²) in [5.74, 6) is 0.177. The van der Waals surface area contributed by atoms with Gasteiger partial charge in [-0.25, -0.2) is 0 Å². The summed E-state index contributed by atoms with van der Waals surface area (Å²) in [6.45, 7) is 2.16. The van der Waals surface area contributed by atoms with Crippen LogP contribution < -0.4 is 0 Å². The lowest BCUT2D eigenvalue weighted by molar-refractivity contribution is -0.136. The molecule has 2 aromatic carbocycles. The Morgan fingerprint density at radius 2 is 1.78 bits per heavy atom. The van der Waals surface area contributed by atoms with E-state index in [1.165, 1.54) is 5.03 Å². The molecule has 0 aliphatic carbocycles. The van der Waals surface area contributed by atoms with E-state index in [0.29, 0.717) is 11.1 Å². The molecule has 1 aromatic heterocycles. The minimum Gasteiger partial charge on any atom is -0.481 e. The van der Waals surface area contributed by atoms with Crippen LogP contribution in [0.1, 0.15) is 25.1 Å². The Kier molecular flexibility index (Phi) is 5.02. The zero-order valence-corrected chi connectivity index (χ0v) is 16.6. The molecule has 3 nitrogen and oxygen atoms in total. The zero-order valence-electron chi connectivity index (χ0n) is 15.0. The number of benzene rings is 2. The van der Waals surface area contributed by atoms with Gasteiger partial charge in [-0.1, -0.05) is 61.0 Å². The van der Waals surface area contributed by atoms with Crippen LogP contribution in [0.2, 0.25) is 5.02 Å². The van der Waals surface area contributed by atoms with Crippen LogP contribution in [-0.2, 0) is 11.2 Å². The molecular formula is C22H20ClNO2S. The molecule has 0 fully saturated rings. The summed E-state index contributed by atoms with van der Waals surface area (Å²) >= 11 is 7.92. The van der Waals surface area contributed by atoms with Gasteiger partial charge in [-0.2, -0.15) is 0 Å². The number of hydrogen-bond donors (Lipinski definition) is 1. The third-order valence-corrected chi connectivity index (χ3v) is 6.50. The second-order valence-corrected chi connectivity index (χ2v) is 8.13. The highest BCUT2D eigenvalue weighted by molar-refractivity contribution is 7.99. The van der Waals surface area contributed by atoms with Crippen molar-refractivity contribution < 1.29 is 9.90 Å². The Morgan fingerprint density at radius 3 is 2.41 bits per heavy atom. The molecule has 0 saturated heterocycles. The highest BCUT2D eigenvalue weighted by Gasteiger charge is 2.33. The van der Waals surface area contributed by atoms with E-state index in [2.05, 4.69) is 23.6 Å². The van der Waals surface area contributed by atoms with Crippen LogP contribution in [0.25, 0.3) is 22.3 Å². The van der Waals surface area contributed by atoms with E-state index >= 15 is 0 Å². The number of thioether (sulfide) groups is 1. The fourth-order valence-corrected chi connectivity index (χ4v) is 5.43. The SMILES string of the molecule is CC[C@H]1CSc2c(-c3ccccc3)c(-c3ccc(Cl)cc3)c(CC(=O)O)n21. The first-order valence-corrected chi connectivity index (χ1v) is 10.4. The number of aliphatic carboxylic acids is 1. The average Bonchev–Trinajstić information content (AvgIpc) is 3.21. The van der Waals surface area contributed by atoms with E-state index in [0.717, 1.165) is 40.1 Å². The molecule has 2 heterocycles. The normalized spacial score (nSPS) is 15.7. The van der Waals surface area contributed by atoms with Crippen molar-refractivity contribution in [1.82, 2.24) is 4.57 Å². The van der Waals surface area contributed by atoms with E-state index in [1.807, 2.05) is 54.2 Å². The molecule has 4 rings (SSSR count). The van der Waals surface area contributed by atoms with Crippen molar-refractivity contribution in [3.8, 4) is 22.3 Å². The number of hydrogen-bond acceptors (Lipinski definition) is 2. The molecule has 138 valence electrons. The summed E-state index contributed by atoms with van der Waals surface area (Å²) in [7, 11) is 0. The number of fused-ring (bicyclic) bond motifs is 1. The van der Waals surface area contributed by atoms with E-state index in [-0.39, 0.29) is 6.42 Å². The first-order valence-electron chi connectivity index (χ1n) is 9.03. The summed E-state index contributed by atoms with van der Waals surface area (Å²) in [6.07, 6.45) is 0.991. The van der Waals surface area contributed by atoms with Crippen LogP contribution in [0.3, 0.4) is 0 Å². The minimum atomic E-state index is -0.808. The second kappa shape index (κ2) is 7.45. The topological polar surface area (TPSA) is 42.2 Å². The highest BCUT2D eigenvalue weighted by Crippen LogP contribution is 2.50. The molecule has 27 heavy (non-hydrogen) atoms. The Morgan fingerprint density at radius 1 is 1.11 bits per heavy atom. The standard InChI is InChI=1S/C22H20ClNO2S/c1-2-17-13-27-22-21(14-6-4-3-5-7-14)20(15-8-10-16(23)11-9-15)18(24(17)22)12-19(25)26/h3-11,17H,2,12-13H2,1H3,(H,25,26)/t17-/m0/s1. The summed E-state index contributed by atoms with van der Waals surface area (Å²) in [4.78, 5) is 11.7. The van der Waals surface area contributed by atoms with Crippen LogP contribution in [0.5, 0.6) is 0 Å². The Bertz CT molecular complexity index is 980. The molecular weight excluding hydrogens is 378 g/mol. The minimum absolute atomic E-state index is 0.00878. The number of carboxylic acids is 1. The van der Waals surface area contributed by atoms with Crippen molar-refractivity contribution in [2.24, 2.45) is 0 Å². The van der Waals surface area contributed by atoms with Gasteiger partial charge in [-0.3, -0.25) is 4.79 Å². The number of rotatable bonds is 5.